The Labute approximate surface area is 128 Å². The summed E-state index contributed by atoms with van der Waals surface area (Å²) in [5, 5.41) is 0. The van der Waals surface area contributed by atoms with E-state index >= 15 is 0 Å². The van der Waals surface area contributed by atoms with Gasteiger partial charge in [-0.05, 0) is 49.6 Å². The molecule has 2 rings (SSSR count). The summed E-state index contributed by atoms with van der Waals surface area (Å²) >= 11 is 0. The number of rotatable bonds is 4. The summed E-state index contributed by atoms with van der Waals surface area (Å²) < 4.78 is 0. The van der Waals surface area contributed by atoms with Crippen molar-refractivity contribution >= 4 is 11.9 Å². The third-order valence-corrected chi connectivity index (χ3v) is 3.74. The first-order chi connectivity index (χ1) is 9.97. The third kappa shape index (κ3) is 3.94. The molecule has 0 saturated carbocycles. The van der Waals surface area contributed by atoms with E-state index in [0.29, 0.717) is 0 Å². The Morgan fingerprint density at radius 1 is 1.00 bits per heavy atom. The number of hydrogen-bond acceptors (Lipinski definition) is 2. The monoisotopic (exact) mass is 280 g/mol. The number of aliphatic imine (C=N–C) groups is 1. The van der Waals surface area contributed by atoms with E-state index in [2.05, 4.69) is 68.1 Å². The Balaban J connectivity index is 2.14. The van der Waals surface area contributed by atoms with Crippen LogP contribution in [0.25, 0.3) is 0 Å². The summed E-state index contributed by atoms with van der Waals surface area (Å²) in [5.74, 6) is 0. The molecule has 2 aromatic carbocycles. The van der Waals surface area contributed by atoms with Crippen molar-refractivity contribution in [2.24, 2.45) is 4.99 Å². The molecule has 0 saturated heterocycles. The molecule has 0 bridgehead atoms. The first kappa shape index (κ1) is 15.3. The molecule has 0 aromatic heterocycles. The second kappa shape index (κ2) is 6.57. The topological polar surface area (TPSA) is 15.6 Å². The van der Waals surface area contributed by atoms with Gasteiger partial charge < -0.3 is 4.90 Å². The molecule has 1 atom stereocenters. The number of benzene rings is 2. The van der Waals surface area contributed by atoms with Crippen molar-refractivity contribution in [2.75, 3.05) is 19.0 Å². The van der Waals surface area contributed by atoms with Crippen LogP contribution in [0.4, 0.5) is 5.69 Å². The summed E-state index contributed by atoms with van der Waals surface area (Å²) in [6.45, 7) is 6.42. The highest BCUT2D eigenvalue weighted by atomic mass is 15.1. The molecule has 0 spiro atoms. The summed E-state index contributed by atoms with van der Waals surface area (Å²) in [5.41, 5.74) is 6.23. The zero-order valence-electron chi connectivity index (χ0n) is 13.6. The van der Waals surface area contributed by atoms with E-state index in [9.17, 15) is 0 Å². The lowest BCUT2D eigenvalue weighted by atomic mass is 10.0. The van der Waals surface area contributed by atoms with E-state index in [1.807, 2.05) is 20.3 Å². The van der Waals surface area contributed by atoms with Crippen LogP contribution >= 0.6 is 0 Å². The van der Waals surface area contributed by atoms with Crippen LogP contribution in [-0.2, 0) is 0 Å². The zero-order chi connectivity index (χ0) is 15.4. The van der Waals surface area contributed by atoms with E-state index in [1.165, 1.54) is 22.4 Å². The first-order valence-corrected chi connectivity index (χ1v) is 7.35. The van der Waals surface area contributed by atoms with Crippen LogP contribution in [0, 0.1) is 13.8 Å². The van der Waals surface area contributed by atoms with Gasteiger partial charge in [-0.2, -0.15) is 0 Å². The molecule has 0 unspecified atom stereocenters. The molecule has 21 heavy (non-hydrogen) atoms. The summed E-state index contributed by atoms with van der Waals surface area (Å²) in [6.07, 6.45) is 1.96. The van der Waals surface area contributed by atoms with Gasteiger partial charge in [-0.15, -0.1) is 0 Å². The Kier molecular flexibility index (Phi) is 4.79. The van der Waals surface area contributed by atoms with Gasteiger partial charge in [0.2, 0.25) is 0 Å². The van der Waals surface area contributed by atoms with Gasteiger partial charge in [-0.1, -0.05) is 35.9 Å². The van der Waals surface area contributed by atoms with Crippen molar-refractivity contribution in [1.82, 2.24) is 0 Å². The molecule has 0 heterocycles. The molecule has 0 aliphatic carbocycles. The fraction of sp³-hybridized carbons (Fsp3) is 0.316. The van der Waals surface area contributed by atoms with Crippen molar-refractivity contribution in [3.8, 4) is 0 Å². The van der Waals surface area contributed by atoms with Crippen LogP contribution in [0.5, 0.6) is 0 Å². The SMILES string of the molecule is Cc1ccc(C)c([C@@H](C)N=Cc2ccc(N(C)C)cc2)c1. The van der Waals surface area contributed by atoms with Crippen LogP contribution in [0.2, 0.25) is 0 Å². The molecule has 0 amide bonds. The smallest absolute Gasteiger partial charge is 0.0723 e. The first-order valence-electron chi connectivity index (χ1n) is 7.35. The third-order valence-electron chi connectivity index (χ3n) is 3.74. The predicted molar refractivity (Wildman–Crippen MR) is 92.7 cm³/mol. The molecule has 0 N–H and O–H groups in total. The molecular weight excluding hydrogens is 256 g/mol. The maximum atomic E-state index is 4.70. The highest BCUT2D eigenvalue weighted by molar-refractivity contribution is 5.80. The van der Waals surface area contributed by atoms with Gasteiger partial charge in [-0.25, -0.2) is 0 Å². The fourth-order valence-electron chi connectivity index (χ4n) is 2.35. The number of hydrogen-bond donors (Lipinski definition) is 0. The van der Waals surface area contributed by atoms with Gasteiger partial charge in [0.15, 0.2) is 0 Å². The Morgan fingerprint density at radius 2 is 1.67 bits per heavy atom. The van der Waals surface area contributed by atoms with Gasteiger partial charge in [-0.3, -0.25) is 4.99 Å². The Hall–Kier alpha value is -2.09. The Morgan fingerprint density at radius 3 is 2.29 bits per heavy atom. The number of aryl methyl sites for hydroxylation is 2. The van der Waals surface area contributed by atoms with Crippen molar-refractivity contribution in [3.63, 3.8) is 0 Å². The van der Waals surface area contributed by atoms with Crippen molar-refractivity contribution in [1.29, 1.82) is 0 Å². The summed E-state index contributed by atoms with van der Waals surface area (Å²) in [6, 6.07) is 15.2. The average molecular weight is 280 g/mol. The zero-order valence-corrected chi connectivity index (χ0v) is 13.6. The number of nitrogens with zero attached hydrogens (tertiary/aromatic N) is 2. The summed E-state index contributed by atoms with van der Waals surface area (Å²) in [7, 11) is 4.09. The van der Waals surface area contributed by atoms with Crippen molar-refractivity contribution in [2.45, 2.75) is 26.8 Å². The van der Waals surface area contributed by atoms with Crippen LogP contribution in [-0.4, -0.2) is 20.3 Å². The molecule has 0 radical (unpaired) electrons. The molecule has 0 fully saturated rings. The normalized spacial score (nSPS) is 12.6. The fourth-order valence-corrected chi connectivity index (χ4v) is 2.35. The highest BCUT2D eigenvalue weighted by Crippen LogP contribution is 2.22. The largest absolute Gasteiger partial charge is 0.378 e. The van der Waals surface area contributed by atoms with Gasteiger partial charge in [0.1, 0.15) is 0 Å². The highest BCUT2D eigenvalue weighted by Gasteiger charge is 2.06. The predicted octanol–water partition coefficient (Wildman–Crippen LogP) is 4.55. The van der Waals surface area contributed by atoms with E-state index in [0.717, 1.165) is 5.56 Å². The molecule has 110 valence electrons. The van der Waals surface area contributed by atoms with Crippen LogP contribution < -0.4 is 4.90 Å². The molecule has 2 nitrogen and oxygen atoms in total. The maximum absolute atomic E-state index is 4.70. The minimum Gasteiger partial charge on any atom is -0.378 e. The van der Waals surface area contributed by atoms with E-state index in [-0.39, 0.29) is 6.04 Å². The van der Waals surface area contributed by atoms with Gasteiger partial charge in [0.25, 0.3) is 0 Å². The molecule has 0 aliphatic heterocycles. The molecule has 2 aromatic rings. The van der Waals surface area contributed by atoms with Gasteiger partial charge in [0, 0.05) is 26.0 Å². The minimum absolute atomic E-state index is 0.179. The second-order valence-electron chi connectivity index (χ2n) is 5.80. The second-order valence-corrected chi connectivity index (χ2v) is 5.80. The molecule has 2 heteroatoms. The van der Waals surface area contributed by atoms with Gasteiger partial charge in [0.05, 0.1) is 6.04 Å². The lowest BCUT2D eigenvalue weighted by Gasteiger charge is -2.12. The summed E-state index contributed by atoms with van der Waals surface area (Å²) in [4.78, 5) is 6.80. The van der Waals surface area contributed by atoms with Crippen LogP contribution in [0.1, 0.15) is 35.2 Å². The standard InChI is InChI=1S/C19H24N2/c1-14-6-7-15(2)19(12-14)16(3)20-13-17-8-10-18(11-9-17)21(4)5/h6-13,16H,1-5H3/t16-/m1/s1. The quantitative estimate of drug-likeness (QED) is 0.750. The van der Waals surface area contributed by atoms with E-state index in [4.69, 9.17) is 4.99 Å². The Bertz CT molecular complexity index is 625. The molecule has 0 aliphatic rings. The van der Waals surface area contributed by atoms with Crippen LogP contribution in [0.3, 0.4) is 0 Å². The lowest BCUT2D eigenvalue weighted by molar-refractivity contribution is 0.815. The van der Waals surface area contributed by atoms with Crippen molar-refractivity contribution in [3.05, 3.63) is 64.7 Å². The van der Waals surface area contributed by atoms with Crippen molar-refractivity contribution < 1.29 is 0 Å². The van der Waals surface area contributed by atoms with Crippen LogP contribution in [0.15, 0.2) is 47.5 Å². The minimum atomic E-state index is 0.179. The average Bonchev–Trinajstić information content (AvgIpc) is 2.47. The van der Waals surface area contributed by atoms with Gasteiger partial charge >= 0.3 is 0 Å². The number of anilines is 1. The maximum Gasteiger partial charge on any atom is 0.0723 e. The lowest BCUT2D eigenvalue weighted by Crippen LogP contribution is -2.08. The molecular formula is C19H24N2. The van der Waals surface area contributed by atoms with E-state index in [1.54, 1.807) is 0 Å². The van der Waals surface area contributed by atoms with E-state index < -0.39 is 0 Å².